The summed E-state index contributed by atoms with van der Waals surface area (Å²) in [5.74, 6) is 0.529. The minimum absolute atomic E-state index is 0.371. The van der Waals surface area contributed by atoms with E-state index in [0.29, 0.717) is 30.3 Å². The van der Waals surface area contributed by atoms with Gasteiger partial charge in [0, 0.05) is 23.7 Å². The molecule has 166 valence electrons. The average molecular weight is 446 g/mol. The van der Waals surface area contributed by atoms with E-state index < -0.39 is 28.6 Å². The number of aromatic nitrogens is 2. The van der Waals surface area contributed by atoms with E-state index in [2.05, 4.69) is 20.8 Å². The number of fused-ring (bicyclic) bond motifs is 3. The Hall–Kier alpha value is -2.27. The van der Waals surface area contributed by atoms with Gasteiger partial charge in [0.25, 0.3) is 0 Å². The molecule has 31 heavy (non-hydrogen) atoms. The number of rotatable bonds is 3. The molecule has 3 aliphatic rings. The molecule has 0 spiro atoms. The Labute approximate surface area is 183 Å². The number of nitrogens with one attached hydrogen (secondary N) is 1. The molecule has 2 aliphatic carbocycles. The summed E-state index contributed by atoms with van der Waals surface area (Å²) < 4.78 is 17.2. The maximum atomic E-state index is 12.8. The van der Waals surface area contributed by atoms with Gasteiger partial charge < -0.3 is 19.9 Å². The van der Waals surface area contributed by atoms with Gasteiger partial charge in [0.1, 0.15) is 17.1 Å². The molecule has 10 heteroatoms. The molecule has 9 nitrogen and oxygen atoms in total. The fourth-order valence-corrected chi connectivity index (χ4v) is 5.52. The monoisotopic (exact) mass is 445 g/mol. The third-order valence-corrected chi connectivity index (χ3v) is 7.55. The number of aryl methyl sites for hydroxylation is 1. The van der Waals surface area contributed by atoms with Crippen molar-refractivity contribution in [2.24, 2.45) is 9.50 Å². The van der Waals surface area contributed by atoms with Gasteiger partial charge in [0.2, 0.25) is 5.88 Å². The zero-order chi connectivity index (χ0) is 21.8. The van der Waals surface area contributed by atoms with E-state index in [1.807, 2.05) is 6.92 Å². The summed E-state index contributed by atoms with van der Waals surface area (Å²) in [5, 5.41) is 23.9. The summed E-state index contributed by atoms with van der Waals surface area (Å²) in [5.41, 5.74) is 4.69. The Morgan fingerprint density at radius 3 is 3.10 bits per heavy atom. The van der Waals surface area contributed by atoms with Crippen LogP contribution in [0.25, 0.3) is 0 Å². The number of aliphatic hydroxyl groups excluding tert-OH is 1. The Balaban J connectivity index is 1.41. The van der Waals surface area contributed by atoms with E-state index >= 15 is 0 Å². The molecule has 1 aliphatic heterocycles. The number of nitrogens with two attached hydrogens (primary N) is 1. The van der Waals surface area contributed by atoms with Crippen LogP contribution in [0.1, 0.15) is 48.1 Å². The molecule has 3 atom stereocenters. The quantitative estimate of drug-likeness (QED) is 0.667. The second kappa shape index (κ2) is 7.70. The molecular formula is C21H27N5O4S. The van der Waals surface area contributed by atoms with Crippen molar-refractivity contribution in [2.75, 3.05) is 19.0 Å². The number of methoxy groups -OCH3 is 1. The highest BCUT2D eigenvalue weighted by molar-refractivity contribution is 7.85. The number of hydrogen-bond donors (Lipinski definition) is 3. The van der Waals surface area contributed by atoms with Crippen LogP contribution >= 0.6 is 0 Å². The minimum Gasteiger partial charge on any atom is -0.474 e. The van der Waals surface area contributed by atoms with Crippen molar-refractivity contribution in [3.63, 3.8) is 0 Å². The lowest BCUT2D eigenvalue weighted by Crippen LogP contribution is -2.43. The molecule has 0 saturated carbocycles. The van der Waals surface area contributed by atoms with Crippen LogP contribution in [-0.2, 0) is 41.4 Å². The number of aliphatic hydroxyl groups is 1. The summed E-state index contributed by atoms with van der Waals surface area (Å²) in [6, 6.07) is 1.62. The van der Waals surface area contributed by atoms with E-state index in [-0.39, 0.29) is 0 Å². The summed E-state index contributed by atoms with van der Waals surface area (Å²) in [7, 11) is 0.430. The highest BCUT2D eigenvalue weighted by atomic mass is 32.2. The van der Waals surface area contributed by atoms with Gasteiger partial charge in [-0.2, -0.15) is 9.46 Å². The summed E-state index contributed by atoms with van der Waals surface area (Å²) in [6.45, 7) is 2.86. The number of hydrogen-bond acceptors (Lipinski definition) is 5. The molecule has 1 aromatic heterocycles. The predicted octanol–water partition coefficient (Wildman–Crippen LogP) is 2.42. The van der Waals surface area contributed by atoms with Crippen LogP contribution < -0.4 is 15.2 Å². The molecule has 0 bridgehead atoms. The van der Waals surface area contributed by atoms with Crippen LogP contribution in [0.15, 0.2) is 21.5 Å². The van der Waals surface area contributed by atoms with Crippen molar-refractivity contribution in [1.29, 1.82) is 0 Å². The van der Waals surface area contributed by atoms with Gasteiger partial charge in [-0.1, -0.05) is 6.07 Å². The van der Waals surface area contributed by atoms with Crippen LogP contribution in [-0.4, -0.2) is 40.2 Å². The van der Waals surface area contributed by atoms with E-state index in [0.717, 1.165) is 42.5 Å². The average Bonchev–Trinajstić information content (AvgIpc) is 3.46. The molecule has 4 N–H and O–H groups in total. The van der Waals surface area contributed by atoms with Crippen molar-refractivity contribution in [3.05, 3.63) is 34.5 Å². The first-order valence-corrected chi connectivity index (χ1v) is 11.7. The lowest BCUT2D eigenvalue weighted by Gasteiger charge is -2.32. The molecule has 0 fully saturated rings. The van der Waals surface area contributed by atoms with E-state index in [1.54, 1.807) is 18.0 Å². The van der Waals surface area contributed by atoms with Gasteiger partial charge in [0.15, 0.2) is 0 Å². The number of carbonyl (C=O) groups excluding carboxylic acids is 1. The van der Waals surface area contributed by atoms with Crippen LogP contribution in [0, 0.1) is 0 Å². The second-order valence-electron chi connectivity index (χ2n) is 8.62. The fourth-order valence-electron chi connectivity index (χ4n) is 4.70. The molecular weight excluding hydrogens is 418 g/mol. The minimum atomic E-state index is -1.21. The molecule has 0 saturated heterocycles. The first-order valence-electron chi connectivity index (χ1n) is 10.5. The lowest BCUT2D eigenvalue weighted by atomic mass is 9.98. The van der Waals surface area contributed by atoms with Gasteiger partial charge in [-0.3, -0.25) is 5.14 Å². The van der Waals surface area contributed by atoms with Gasteiger partial charge >= 0.3 is 6.03 Å². The third-order valence-electron chi connectivity index (χ3n) is 6.46. The van der Waals surface area contributed by atoms with Gasteiger partial charge in [-0.15, -0.1) is 0 Å². The van der Waals surface area contributed by atoms with Crippen molar-refractivity contribution in [3.8, 4) is 5.88 Å². The summed E-state index contributed by atoms with van der Waals surface area (Å²) in [4.78, 5) is 13.4. The lowest BCUT2D eigenvalue weighted by molar-refractivity contribution is -0.0654. The highest BCUT2D eigenvalue weighted by Gasteiger charge is 2.34. The smallest absolute Gasteiger partial charge is 0.352 e. The molecule has 2 aromatic rings. The number of nitrogens with zero attached hydrogens (tertiary/aromatic N) is 3. The first-order chi connectivity index (χ1) is 14.9. The molecule has 3 unspecified atom stereocenters. The molecule has 5 rings (SSSR count). The Kier molecular flexibility index (Phi) is 5.12. The maximum Gasteiger partial charge on any atom is 0.352 e. The van der Waals surface area contributed by atoms with Crippen molar-refractivity contribution < 1.29 is 19.4 Å². The standard InChI is InChI=1S/C21H27N5O4S/c1-21(29-2)10-26-19(30-11-21)17(9-23-26)31(22)25-20(28)24-18-13-5-3-4-12(13)8-15-14(18)6-7-16(15)27/h8-9,16,27H,3-7,10-11H2,1-2H3,(H3,22,24,25,28). The number of urea groups is 1. The number of anilines is 1. The van der Waals surface area contributed by atoms with Gasteiger partial charge in [0.05, 0.1) is 18.8 Å². The fraction of sp³-hybridized carbons (Fsp3) is 0.524. The first kappa shape index (κ1) is 20.6. The Bertz CT molecular complexity index is 1100. The van der Waals surface area contributed by atoms with Crippen molar-refractivity contribution in [2.45, 2.75) is 62.2 Å². The number of carbonyl (C=O) groups is 1. The van der Waals surface area contributed by atoms with Crippen LogP contribution in [0.4, 0.5) is 10.5 Å². The van der Waals surface area contributed by atoms with Gasteiger partial charge in [-0.25, -0.2) is 9.48 Å². The molecule has 1 aromatic carbocycles. The predicted molar refractivity (Wildman–Crippen MR) is 116 cm³/mol. The number of amides is 2. The van der Waals surface area contributed by atoms with E-state index in [9.17, 15) is 9.90 Å². The molecule has 2 heterocycles. The highest BCUT2D eigenvalue weighted by Crippen LogP contribution is 2.42. The maximum absolute atomic E-state index is 12.8. The zero-order valence-electron chi connectivity index (χ0n) is 17.7. The number of ether oxygens (including phenoxy) is 2. The van der Waals surface area contributed by atoms with Crippen LogP contribution in [0.5, 0.6) is 5.88 Å². The summed E-state index contributed by atoms with van der Waals surface area (Å²) >= 11 is 0. The Morgan fingerprint density at radius 2 is 2.29 bits per heavy atom. The largest absolute Gasteiger partial charge is 0.474 e. The van der Waals surface area contributed by atoms with Crippen LogP contribution in [0.3, 0.4) is 0 Å². The SMILES string of the molecule is COC1(C)COc2c(S(N)=NC(=O)Nc3c4c(cc5c3CCC5O)CCC4)cnn2C1. The van der Waals surface area contributed by atoms with E-state index in [4.69, 9.17) is 14.6 Å². The Morgan fingerprint density at radius 1 is 1.45 bits per heavy atom. The normalized spacial score (nSPS) is 25.0. The zero-order valence-corrected chi connectivity index (χ0v) is 18.5. The summed E-state index contributed by atoms with van der Waals surface area (Å²) in [6.07, 6.45) is 5.51. The van der Waals surface area contributed by atoms with Crippen molar-refractivity contribution >= 4 is 22.6 Å². The van der Waals surface area contributed by atoms with Gasteiger partial charge in [-0.05, 0) is 61.3 Å². The third kappa shape index (κ3) is 3.57. The molecule has 2 amide bonds. The number of benzene rings is 1. The van der Waals surface area contributed by atoms with Crippen molar-refractivity contribution in [1.82, 2.24) is 9.78 Å². The molecule has 0 radical (unpaired) electrons. The second-order valence-corrected chi connectivity index (χ2v) is 9.87. The van der Waals surface area contributed by atoms with E-state index in [1.165, 1.54) is 11.1 Å². The topological polar surface area (TPSA) is 124 Å². The van der Waals surface area contributed by atoms with Crippen LogP contribution in [0.2, 0.25) is 0 Å².